The maximum atomic E-state index is 5.38. The molecule has 0 saturated heterocycles. The van der Waals surface area contributed by atoms with Crippen molar-refractivity contribution >= 4 is 0 Å². The van der Waals surface area contributed by atoms with E-state index in [9.17, 15) is 0 Å². The summed E-state index contributed by atoms with van der Waals surface area (Å²) in [6, 6.07) is 0. The van der Waals surface area contributed by atoms with E-state index in [0.717, 1.165) is 12.8 Å². The normalized spacial score (nSPS) is 13.4. The summed E-state index contributed by atoms with van der Waals surface area (Å²) < 4.78 is 10.4. The first-order chi connectivity index (χ1) is 8.54. The SMILES string of the molecule is C=C(/C=C\C(=C/C(=C)OCC)C(C)CCC)OC. The van der Waals surface area contributed by atoms with Crippen molar-refractivity contribution in [1.29, 1.82) is 0 Å². The number of rotatable bonds is 9. The monoisotopic (exact) mass is 250 g/mol. The van der Waals surface area contributed by atoms with Gasteiger partial charge in [-0.25, -0.2) is 0 Å². The quantitative estimate of drug-likeness (QED) is 0.439. The van der Waals surface area contributed by atoms with Gasteiger partial charge >= 0.3 is 0 Å². The molecule has 2 heteroatoms. The summed E-state index contributed by atoms with van der Waals surface area (Å²) >= 11 is 0. The van der Waals surface area contributed by atoms with Crippen molar-refractivity contribution in [3.05, 3.63) is 48.5 Å². The molecule has 0 spiro atoms. The van der Waals surface area contributed by atoms with Crippen LogP contribution in [0.25, 0.3) is 0 Å². The average molecular weight is 250 g/mol. The molecule has 0 rings (SSSR count). The van der Waals surface area contributed by atoms with Gasteiger partial charge in [0, 0.05) is 0 Å². The second kappa shape index (κ2) is 9.58. The van der Waals surface area contributed by atoms with Crippen molar-refractivity contribution < 1.29 is 9.47 Å². The number of hydrogen-bond donors (Lipinski definition) is 0. The van der Waals surface area contributed by atoms with E-state index in [-0.39, 0.29) is 0 Å². The van der Waals surface area contributed by atoms with Gasteiger partial charge in [0.25, 0.3) is 0 Å². The number of methoxy groups -OCH3 is 1. The largest absolute Gasteiger partial charge is 0.497 e. The molecule has 1 unspecified atom stereocenters. The standard InChI is InChI=1S/C16H26O2/c1-7-9-13(3)16(11-10-14(4)17-6)12-15(5)18-8-2/h10-13H,4-5,7-9H2,1-3,6H3/b11-10-,16-12+. The highest BCUT2D eigenvalue weighted by Crippen LogP contribution is 2.20. The van der Waals surface area contributed by atoms with Crippen molar-refractivity contribution in [3.8, 4) is 0 Å². The summed E-state index contributed by atoms with van der Waals surface area (Å²) in [7, 11) is 1.62. The predicted molar refractivity (Wildman–Crippen MR) is 78.2 cm³/mol. The molecule has 0 N–H and O–H groups in total. The van der Waals surface area contributed by atoms with Gasteiger partial charge in [0.2, 0.25) is 0 Å². The summed E-state index contributed by atoms with van der Waals surface area (Å²) in [5, 5.41) is 0. The molecule has 0 heterocycles. The molecule has 0 aliphatic rings. The second-order valence-electron chi connectivity index (χ2n) is 4.24. The van der Waals surface area contributed by atoms with Gasteiger partial charge < -0.3 is 9.47 Å². The molecule has 18 heavy (non-hydrogen) atoms. The third kappa shape index (κ3) is 7.00. The number of ether oxygens (including phenoxy) is 2. The van der Waals surface area contributed by atoms with Gasteiger partial charge in [0.05, 0.1) is 13.7 Å². The van der Waals surface area contributed by atoms with Gasteiger partial charge in [0.1, 0.15) is 11.5 Å². The molecule has 0 radical (unpaired) electrons. The lowest BCUT2D eigenvalue weighted by atomic mass is 9.95. The Morgan fingerprint density at radius 2 is 1.83 bits per heavy atom. The molecule has 0 aliphatic carbocycles. The molecule has 1 atom stereocenters. The zero-order valence-electron chi connectivity index (χ0n) is 12.2. The van der Waals surface area contributed by atoms with Crippen LogP contribution >= 0.6 is 0 Å². The molecule has 0 amide bonds. The lowest BCUT2D eigenvalue weighted by Crippen LogP contribution is -1.99. The predicted octanol–water partition coefficient (Wildman–Crippen LogP) is 4.62. The smallest absolute Gasteiger partial charge is 0.112 e. The Bertz CT molecular complexity index is 324. The van der Waals surface area contributed by atoms with Gasteiger partial charge in [-0.15, -0.1) is 0 Å². The average Bonchev–Trinajstić information content (AvgIpc) is 2.34. The Labute approximate surface area is 112 Å². The Hall–Kier alpha value is -1.44. The fraction of sp³-hybridized carbons (Fsp3) is 0.500. The highest BCUT2D eigenvalue weighted by atomic mass is 16.5. The third-order valence-corrected chi connectivity index (χ3v) is 2.67. The molecular formula is C16H26O2. The summed E-state index contributed by atoms with van der Waals surface area (Å²) in [6.45, 7) is 14.6. The molecule has 0 saturated carbocycles. The number of hydrogen-bond acceptors (Lipinski definition) is 2. The number of allylic oxidation sites excluding steroid dienone is 4. The van der Waals surface area contributed by atoms with Crippen molar-refractivity contribution in [2.45, 2.75) is 33.6 Å². The Morgan fingerprint density at radius 3 is 2.33 bits per heavy atom. The van der Waals surface area contributed by atoms with E-state index in [1.165, 1.54) is 5.57 Å². The Morgan fingerprint density at radius 1 is 1.17 bits per heavy atom. The van der Waals surface area contributed by atoms with Crippen LogP contribution in [0.3, 0.4) is 0 Å². The lowest BCUT2D eigenvalue weighted by molar-refractivity contribution is 0.243. The van der Waals surface area contributed by atoms with Crippen LogP contribution in [0.4, 0.5) is 0 Å². The second-order valence-corrected chi connectivity index (χ2v) is 4.24. The minimum Gasteiger partial charge on any atom is -0.497 e. The van der Waals surface area contributed by atoms with Crippen molar-refractivity contribution in [3.63, 3.8) is 0 Å². The topological polar surface area (TPSA) is 18.5 Å². The summed E-state index contributed by atoms with van der Waals surface area (Å²) in [5.41, 5.74) is 1.19. The third-order valence-electron chi connectivity index (χ3n) is 2.67. The minimum absolute atomic E-state index is 0.466. The van der Waals surface area contributed by atoms with Crippen LogP contribution in [0.2, 0.25) is 0 Å². The maximum Gasteiger partial charge on any atom is 0.112 e. The molecule has 0 aliphatic heterocycles. The molecule has 0 aromatic rings. The van der Waals surface area contributed by atoms with E-state index >= 15 is 0 Å². The van der Waals surface area contributed by atoms with Crippen LogP contribution in [-0.4, -0.2) is 13.7 Å². The van der Waals surface area contributed by atoms with Gasteiger partial charge in [0.15, 0.2) is 0 Å². The van der Waals surface area contributed by atoms with E-state index in [4.69, 9.17) is 9.47 Å². The summed E-state index contributed by atoms with van der Waals surface area (Å²) in [5.74, 6) is 1.81. The van der Waals surface area contributed by atoms with E-state index in [1.807, 2.05) is 25.2 Å². The fourth-order valence-corrected chi connectivity index (χ4v) is 1.62. The summed E-state index contributed by atoms with van der Waals surface area (Å²) in [6.07, 6.45) is 8.17. The van der Waals surface area contributed by atoms with Crippen molar-refractivity contribution in [2.24, 2.45) is 5.92 Å². The Kier molecular flexibility index (Phi) is 8.81. The lowest BCUT2D eigenvalue weighted by Gasteiger charge is -2.13. The fourth-order valence-electron chi connectivity index (χ4n) is 1.62. The first kappa shape index (κ1) is 16.6. The van der Waals surface area contributed by atoms with Crippen molar-refractivity contribution in [1.82, 2.24) is 0 Å². The van der Waals surface area contributed by atoms with Gasteiger partial charge in [-0.05, 0) is 37.0 Å². The highest BCUT2D eigenvalue weighted by Gasteiger charge is 2.06. The van der Waals surface area contributed by atoms with Crippen LogP contribution in [0, 0.1) is 5.92 Å². The van der Waals surface area contributed by atoms with Crippen molar-refractivity contribution in [2.75, 3.05) is 13.7 Å². The van der Waals surface area contributed by atoms with Crippen LogP contribution in [0.5, 0.6) is 0 Å². The maximum absolute atomic E-state index is 5.38. The van der Waals surface area contributed by atoms with Crippen LogP contribution < -0.4 is 0 Å². The molecule has 0 aromatic carbocycles. The van der Waals surface area contributed by atoms with Crippen LogP contribution in [0.1, 0.15) is 33.6 Å². The van der Waals surface area contributed by atoms with E-state index in [0.29, 0.717) is 24.0 Å². The molecular weight excluding hydrogens is 224 g/mol. The zero-order chi connectivity index (χ0) is 14.0. The molecule has 0 fully saturated rings. The summed E-state index contributed by atoms with van der Waals surface area (Å²) in [4.78, 5) is 0. The Balaban J connectivity index is 4.87. The van der Waals surface area contributed by atoms with E-state index in [1.54, 1.807) is 7.11 Å². The zero-order valence-corrected chi connectivity index (χ0v) is 12.2. The molecule has 0 aromatic heterocycles. The molecule has 0 bridgehead atoms. The first-order valence-electron chi connectivity index (χ1n) is 6.49. The van der Waals surface area contributed by atoms with Gasteiger partial charge in [-0.1, -0.05) is 39.5 Å². The van der Waals surface area contributed by atoms with E-state index in [2.05, 4.69) is 27.0 Å². The van der Waals surface area contributed by atoms with Crippen LogP contribution in [-0.2, 0) is 9.47 Å². The first-order valence-corrected chi connectivity index (χ1v) is 6.49. The van der Waals surface area contributed by atoms with Gasteiger partial charge in [-0.3, -0.25) is 0 Å². The molecule has 102 valence electrons. The van der Waals surface area contributed by atoms with Gasteiger partial charge in [-0.2, -0.15) is 0 Å². The van der Waals surface area contributed by atoms with E-state index < -0.39 is 0 Å². The molecule has 2 nitrogen and oxygen atoms in total. The minimum atomic E-state index is 0.466. The highest BCUT2D eigenvalue weighted by molar-refractivity contribution is 5.30. The van der Waals surface area contributed by atoms with Crippen LogP contribution in [0.15, 0.2) is 48.5 Å².